The number of aliphatic hydroxyl groups is 3. The Kier molecular flexibility index (Phi) is 8.06. The van der Waals surface area contributed by atoms with Gasteiger partial charge in [0.15, 0.2) is 0 Å². The smallest absolute Gasteiger partial charge is 0.309 e. The maximum Gasteiger partial charge on any atom is 0.309 e. The predicted molar refractivity (Wildman–Crippen MR) is 183 cm³/mol. The van der Waals surface area contributed by atoms with Crippen LogP contribution in [0.15, 0.2) is 0 Å². The Balaban J connectivity index is 0.0000000963. The largest absolute Gasteiger partial charge is 0.459 e. The first-order valence-corrected chi connectivity index (χ1v) is 21.2. The number of hydrogen-bond donors (Lipinski definition) is 3. The molecule has 0 spiro atoms. The topological polar surface area (TPSA) is 140 Å². The minimum atomic E-state index is -0.382. The van der Waals surface area contributed by atoms with Crippen LogP contribution in [0.2, 0.25) is 0 Å². The molecule has 9 aliphatic carbocycles. The number of hydrogen-bond acceptors (Lipinski definition) is 9. The fourth-order valence-electron chi connectivity index (χ4n) is 16.2. The van der Waals surface area contributed by atoms with Crippen molar-refractivity contribution in [3.8, 4) is 0 Å². The summed E-state index contributed by atoms with van der Waals surface area (Å²) in [5, 5.41) is 31.2. The van der Waals surface area contributed by atoms with Crippen molar-refractivity contribution < 1.29 is 43.9 Å². The second-order valence-corrected chi connectivity index (χ2v) is 19.8. The Hall–Kier alpha value is -1.71. The highest BCUT2D eigenvalue weighted by atomic mass is 16.6. The van der Waals surface area contributed by atoms with Crippen LogP contribution in [-0.4, -0.2) is 69.9 Å². The summed E-state index contributed by atoms with van der Waals surface area (Å²) in [5.41, 5.74) is 0. The monoisotopic (exact) mass is 708 g/mol. The zero-order chi connectivity index (χ0) is 35.2. The van der Waals surface area contributed by atoms with Crippen molar-refractivity contribution in [2.45, 2.75) is 134 Å². The lowest BCUT2D eigenvalue weighted by molar-refractivity contribution is -0.151. The minimum Gasteiger partial charge on any atom is -0.459 e. The first-order valence-electron chi connectivity index (χ1n) is 21.2. The van der Waals surface area contributed by atoms with Crippen molar-refractivity contribution >= 4 is 17.9 Å². The van der Waals surface area contributed by atoms with E-state index in [1.807, 2.05) is 0 Å². The summed E-state index contributed by atoms with van der Waals surface area (Å²) in [6, 6.07) is 0. The van der Waals surface area contributed by atoms with Gasteiger partial charge < -0.3 is 29.5 Å². The Morgan fingerprint density at radius 1 is 0.373 bits per heavy atom. The molecular formula is C42H60O9. The number of rotatable bonds is 0. The summed E-state index contributed by atoms with van der Waals surface area (Å²) in [6.07, 6.45) is 11.9. The van der Waals surface area contributed by atoms with E-state index in [0.29, 0.717) is 53.3 Å². The molecule has 9 saturated carbocycles. The van der Waals surface area contributed by atoms with Crippen LogP contribution in [0.4, 0.5) is 0 Å². The van der Waals surface area contributed by atoms with Crippen molar-refractivity contribution in [3.63, 3.8) is 0 Å². The molecule has 24 atom stereocenters. The van der Waals surface area contributed by atoms with Crippen molar-refractivity contribution in [1.82, 2.24) is 0 Å². The molecule has 12 rings (SSSR count). The predicted octanol–water partition coefficient (Wildman–Crippen LogP) is 4.77. The zero-order valence-electron chi connectivity index (χ0n) is 30.6. The summed E-state index contributed by atoms with van der Waals surface area (Å²) < 4.78 is 16.4. The Morgan fingerprint density at radius 3 is 0.902 bits per heavy atom. The van der Waals surface area contributed by atoms with Crippen LogP contribution in [0.25, 0.3) is 0 Å². The van der Waals surface area contributed by atoms with Crippen molar-refractivity contribution in [3.05, 3.63) is 0 Å². The lowest BCUT2D eigenvalue weighted by Gasteiger charge is -2.45. The summed E-state index contributed by atoms with van der Waals surface area (Å²) >= 11 is 0. The molecule has 0 aromatic carbocycles. The Labute approximate surface area is 302 Å². The molecule has 3 heterocycles. The Bertz CT molecular complexity index is 1260. The van der Waals surface area contributed by atoms with Crippen molar-refractivity contribution in [2.24, 2.45) is 107 Å². The average Bonchev–Trinajstić information content (AvgIpc) is 3.94. The van der Waals surface area contributed by atoms with E-state index in [1.165, 1.54) is 19.3 Å². The normalized spacial score (nSPS) is 60.0. The van der Waals surface area contributed by atoms with Gasteiger partial charge in [-0.25, -0.2) is 0 Å². The van der Waals surface area contributed by atoms with E-state index < -0.39 is 0 Å². The number of ether oxygens (including phenoxy) is 3. The molecule has 51 heavy (non-hydrogen) atoms. The van der Waals surface area contributed by atoms with E-state index in [4.69, 9.17) is 14.2 Å². The second-order valence-electron chi connectivity index (χ2n) is 19.8. The first kappa shape index (κ1) is 33.8. The number of carbonyl (C=O) groups excluding carboxylic acids is 3. The van der Waals surface area contributed by atoms with Gasteiger partial charge in [0, 0.05) is 17.8 Å². The highest BCUT2D eigenvalue weighted by molar-refractivity contribution is 5.77. The van der Waals surface area contributed by atoms with Crippen molar-refractivity contribution in [1.29, 1.82) is 0 Å². The molecule has 0 amide bonds. The molecule has 9 heteroatoms. The van der Waals surface area contributed by atoms with E-state index >= 15 is 0 Å². The summed E-state index contributed by atoms with van der Waals surface area (Å²) in [5.74, 6) is 8.58. The van der Waals surface area contributed by atoms with E-state index in [9.17, 15) is 29.7 Å². The van der Waals surface area contributed by atoms with Crippen molar-refractivity contribution in [2.75, 3.05) is 0 Å². The van der Waals surface area contributed by atoms with Crippen LogP contribution >= 0.6 is 0 Å². The van der Waals surface area contributed by atoms with Crippen LogP contribution in [0.3, 0.4) is 0 Å². The van der Waals surface area contributed by atoms with Crippen LogP contribution in [-0.2, 0) is 28.6 Å². The van der Waals surface area contributed by atoms with Gasteiger partial charge in [0.05, 0.1) is 36.1 Å². The van der Waals surface area contributed by atoms with E-state index in [1.54, 1.807) is 0 Å². The fourth-order valence-corrected chi connectivity index (χ4v) is 16.2. The number of carbonyl (C=O) groups is 3. The standard InChI is InChI=1S/3C14H20O3/c3*1-6-2-3-8-10-7(6)4-5-9-11(10)13(12(8)15)17-14(9)16/h3*6-13,15H,2-5H2,1H3/t3*6-,7-,8+,9-,10-,11-,12+,13-/m000/s1. The van der Waals surface area contributed by atoms with Crippen LogP contribution in [0.1, 0.15) is 97.8 Å². The van der Waals surface area contributed by atoms with Crippen LogP contribution in [0.5, 0.6) is 0 Å². The van der Waals surface area contributed by atoms with Gasteiger partial charge in [-0.1, -0.05) is 40.0 Å². The van der Waals surface area contributed by atoms with Gasteiger partial charge in [-0.15, -0.1) is 0 Å². The molecule has 282 valence electrons. The van der Waals surface area contributed by atoms with Gasteiger partial charge in [-0.3, -0.25) is 14.4 Å². The third-order valence-electron chi connectivity index (χ3n) is 18.3. The maximum absolute atomic E-state index is 11.8. The number of esters is 3. The number of aliphatic hydroxyl groups excluding tert-OH is 3. The molecule has 3 N–H and O–H groups in total. The van der Waals surface area contributed by atoms with Crippen LogP contribution < -0.4 is 0 Å². The molecule has 0 radical (unpaired) electrons. The van der Waals surface area contributed by atoms with E-state index in [0.717, 1.165) is 93.3 Å². The summed E-state index contributed by atoms with van der Waals surface area (Å²) in [6.45, 7) is 7.04. The lowest BCUT2D eigenvalue weighted by Crippen LogP contribution is -2.42. The molecule has 0 bridgehead atoms. The van der Waals surface area contributed by atoms with Gasteiger partial charge in [0.1, 0.15) is 18.3 Å². The molecule has 3 aliphatic heterocycles. The van der Waals surface area contributed by atoms with Crippen LogP contribution in [0, 0.1) is 107 Å². The van der Waals surface area contributed by atoms with Gasteiger partial charge in [-0.05, 0) is 129 Å². The maximum atomic E-state index is 11.8. The SMILES string of the molecule is C[C@H]1CC[C@H]2[C@@H](O)[C@H]3OC(=O)[C@H]4CC[C@@H]1[C@@H]2[C@@H]34.C[C@H]1CC[C@H]2[C@@H](O)[C@H]3OC(=O)[C@H]4CC[C@@H]1[C@@H]2[C@@H]34.C[C@H]1CC[C@H]2[C@@H](O)[C@H]3OC(=O)[C@H]4CC[C@@H]1[C@@H]2[C@@H]34. The molecule has 0 aromatic heterocycles. The average molecular weight is 709 g/mol. The fraction of sp³-hybridized carbons (Fsp3) is 0.929. The minimum absolute atomic E-state index is 0.0332. The lowest BCUT2D eigenvalue weighted by atomic mass is 9.58. The highest BCUT2D eigenvalue weighted by Crippen LogP contribution is 2.63. The van der Waals surface area contributed by atoms with Gasteiger partial charge >= 0.3 is 17.9 Å². The highest BCUT2D eigenvalue weighted by Gasteiger charge is 2.67. The Morgan fingerprint density at radius 2 is 0.627 bits per heavy atom. The third kappa shape index (κ3) is 4.71. The molecule has 3 saturated heterocycles. The second kappa shape index (κ2) is 12.1. The molecule has 0 aromatic rings. The summed E-state index contributed by atoms with van der Waals surface area (Å²) in [4.78, 5) is 35.4. The zero-order valence-corrected chi connectivity index (χ0v) is 30.6. The van der Waals surface area contributed by atoms with E-state index in [-0.39, 0.29) is 72.3 Å². The van der Waals surface area contributed by atoms with Gasteiger partial charge in [0.25, 0.3) is 0 Å². The molecule has 12 fully saturated rings. The molecule has 12 aliphatic rings. The van der Waals surface area contributed by atoms with E-state index in [2.05, 4.69) is 20.8 Å². The van der Waals surface area contributed by atoms with Gasteiger partial charge in [0.2, 0.25) is 0 Å². The summed E-state index contributed by atoms with van der Waals surface area (Å²) in [7, 11) is 0. The quantitative estimate of drug-likeness (QED) is 0.240. The first-order chi connectivity index (χ1) is 24.5. The molecule has 0 unspecified atom stereocenters. The molecular weight excluding hydrogens is 648 g/mol. The molecule has 9 nitrogen and oxygen atoms in total. The third-order valence-corrected chi connectivity index (χ3v) is 18.3. The van der Waals surface area contributed by atoms with Gasteiger partial charge in [-0.2, -0.15) is 0 Å².